The van der Waals surface area contributed by atoms with Crippen molar-refractivity contribution in [2.24, 2.45) is 0 Å². The van der Waals surface area contributed by atoms with Crippen LogP contribution in [0.3, 0.4) is 0 Å². The fourth-order valence-corrected chi connectivity index (χ4v) is 9.28. The summed E-state index contributed by atoms with van der Waals surface area (Å²) in [5, 5.41) is 16.2. The third-order valence-electron chi connectivity index (χ3n) is 12.2. The lowest BCUT2D eigenvalue weighted by Gasteiger charge is -2.20. The van der Waals surface area contributed by atoms with Crippen molar-refractivity contribution in [1.29, 1.82) is 5.26 Å². The molecule has 0 aliphatic carbocycles. The van der Waals surface area contributed by atoms with E-state index in [-0.39, 0.29) is 0 Å². The van der Waals surface area contributed by atoms with Crippen LogP contribution in [0.25, 0.3) is 111 Å². The van der Waals surface area contributed by atoms with E-state index in [1.807, 2.05) is 72.8 Å². The molecule has 0 aliphatic heterocycles. The summed E-state index contributed by atoms with van der Waals surface area (Å²) >= 11 is 0. The van der Waals surface area contributed by atoms with Crippen molar-refractivity contribution in [3.63, 3.8) is 0 Å². The lowest BCUT2D eigenvalue weighted by atomic mass is 10.0. The second-order valence-corrected chi connectivity index (χ2v) is 15.9. The lowest BCUT2D eigenvalue weighted by Crippen LogP contribution is -2.08. The molecular weight excluding hydrogens is 781 g/mol. The molecule has 6 nitrogen and oxygen atoms in total. The van der Waals surface area contributed by atoms with Crippen LogP contribution in [0, 0.1) is 11.3 Å². The number of benzene rings is 9. The third kappa shape index (κ3) is 6.06. The highest BCUT2D eigenvalue weighted by Crippen LogP contribution is 2.43. The number of nitrogens with zero attached hydrogens (tertiary/aromatic N) is 6. The molecule has 0 fully saturated rings. The Bertz CT molecular complexity index is 3710. The molecule has 0 amide bonds. The maximum atomic E-state index is 11.9. The van der Waals surface area contributed by atoms with Crippen molar-refractivity contribution in [3.8, 4) is 73.9 Å². The van der Waals surface area contributed by atoms with Crippen LogP contribution in [0.4, 0.5) is 0 Å². The van der Waals surface area contributed by atoms with Crippen molar-refractivity contribution in [3.05, 3.63) is 224 Å². The zero-order chi connectivity index (χ0) is 42.6. The highest BCUT2D eigenvalue weighted by Gasteiger charge is 2.26. The van der Waals surface area contributed by atoms with E-state index in [1.54, 1.807) is 0 Å². The van der Waals surface area contributed by atoms with E-state index in [0.717, 1.165) is 82.7 Å². The van der Waals surface area contributed by atoms with Crippen LogP contribution < -0.4 is 0 Å². The van der Waals surface area contributed by atoms with Gasteiger partial charge >= 0.3 is 0 Å². The Morgan fingerprint density at radius 1 is 0.328 bits per heavy atom. The van der Waals surface area contributed by atoms with Gasteiger partial charge in [0.25, 0.3) is 0 Å². The number of para-hydroxylation sites is 2. The minimum atomic E-state index is 0.462. The first kappa shape index (κ1) is 36.9. The predicted molar refractivity (Wildman–Crippen MR) is 260 cm³/mol. The summed E-state index contributed by atoms with van der Waals surface area (Å²) in [6.07, 6.45) is 0. The Hall–Kier alpha value is -8.92. The number of fused-ring (bicyclic) bond motifs is 6. The molecule has 0 N–H and O–H groups in total. The van der Waals surface area contributed by atoms with Gasteiger partial charge in [-0.05, 0) is 58.7 Å². The summed E-state index contributed by atoms with van der Waals surface area (Å²) in [5.74, 6) is 1.55. The maximum absolute atomic E-state index is 11.9. The SMILES string of the molecule is N#Cc1c(-n2c3ccccc3c3ccc(-c4ccccc4)cc32)ccc(-c2nc(-c3ccccc3)nc(-c3ccccc3)n2)c1-n1c2ccccc2c2ccc(-c3ccccc3)cc21. The Morgan fingerprint density at radius 3 is 1.23 bits per heavy atom. The van der Waals surface area contributed by atoms with E-state index in [9.17, 15) is 5.26 Å². The number of rotatable bonds is 7. The summed E-state index contributed by atoms with van der Waals surface area (Å²) < 4.78 is 4.51. The first-order valence-corrected chi connectivity index (χ1v) is 21.3. The van der Waals surface area contributed by atoms with Crippen molar-refractivity contribution >= 4 is 43.6 Å². The molecule has 12 rings (SSSR count). The van der Waals surface area contributed by atoms with Crippen LogP contribution in [0.2, 0.25) is 0 Å². The molecule has 0 saturated heterocycles. The Kier molecular flexibility index (Phi) is 8.77. The van der Waals surface area contributed by atoms with Gasteiger partial charge in [-0.3, -0.25) is 0 Å². The Balaban J connectivity index is 1.23. The monoisotopic (exact) mass is 816 g/mol. The van der Waals surface area contributed by atoms with Crippen LogP contribution in [-0.2, 0) is 0 Å². The van der Waals surface area contributed by atoms with Crippen molar-refractivity contribution in [1.82, 2.24) is 24.1 Å². The molecule has 64 heavy (non-hydrogen) atoms. The quantitative estimate of drug-likeness (QED) is 0.161. The second-order valence-electron chi connectivity index (χ2n) is 15.9. The van der Waals surface area contributed by atoms with E-state index in [2.05, 4.69) is 161 Å². The number of hydrogen-bond acceptors (Lipinski definition) is 4. The van der Waals surface area contributed by atoms with Crippen molar-refractivity contribution in [2.75, 3.05) is 0 Å². The Labute approximate surface area is 369 Å². The molecule has 9 aromatic carbocycles. The molecule has 0 bridgehead atoms. The van der Waals surface area contributed by atoms with Crippen molar-refractivity contribution < 1.29 is 0 Å². The van der Waals surface area contributed by atoms with Crippen LogP contribution in [0.15, 0.2) is 218 Å². The van der Waals surface area contributed by atoms with Crippen LogP contribution >= 0.6 is 0 Å². The van der Waals surface area contributed by atoms with Gasteiger partial charge in [0.05, 0.1) is 33.4 Å². The van der Waals surface area contributed by atoms with Gasteiger partial charge in [-0.15, -0.1) is 0 Å². The maximum Gasteiger partial charge on any atom is 0.166 e. The van der Waals surface area contributed by atoms with E-state index in [4.69, 9.17) is 15.0 Å². The van der Waals surface area contributed by atoms with Gasteiger partial charge in [-0.1, -0.05) is 182 Å². The zero-order valence-corrected chi connectivity index (χ0v) is 34.5. The fraction of sp³-hybridized carbons (Fsp3) is 0. The largest absolute Gasteiger partial charge is 0.308 e. The number of hydrogen-bond donors (Lipinski definition) is 0. The average molecular weight is 817 g/mol. The molecule has 0 aliphatic rings. The normalized spacial score (nSPS) is 11.4. The number of nitriles is 1. The van der Waals surface area contributed by atoms with Gasteiger partial charge in [-0.25, -0.2) is 15.0 Å². The molecule has 3 aromatic heterocycles. The molecular formula is C58H36N6. The van der Waals surface area contributed by atoms with Gasteiger partial charge in [0, 0.05) is 38.2 Å². The summed E-state index contributed by atoms with van der Waals surface area (Å²) in [5.41, 5.74) is 12.7. The minimum absolute atomic E-state index is 0.462. The molecule has 6 heteroatoms. The zero-order valence-electron chi connectivity index (χ0n) is 34.5. The second kappa shape index (κ2) is 15.2. The summed E-state index contributed by atoms with van der Waals surface area (Å²) in [4.78, 5) is 15.6. The van der Waals surface area contributed by atoms with Crippen LogP contribution in [0.1, 0.15) is 5.56 Å². The fourth-order valence-electron chi connectivity index (χ4n) is 9.28. The van der Waals surface area contributed by atoms with Crippen LogP contribution in [0.5, 0.6) is 0 Å². The van der Waals surface area contributed by atoms with Gasteiger partial charge in [0.15, 0.2) is 17.5 Å². The minimum Gasteiger partial charge on any atom is -0.308 e. The highest BCUT2D eigenvalue weighted by atomic mass is 15.1. The van der Waals surface area contributed by atoms with E-state index in [0.29, 0.717) is 34.3 Å². The Morgan fingerprint density at radius 2 is 0.734 bits per heavy atom. The summed E-state index contributed by atoms with van der Waals surface area (Å²) in [6, 6.07) is 78.0. The average Bonchev–Trinajstić information content (AvgIpc) is 3.88. The predicted octanol–water partition coefficient (Wildman–Crippen LogP) is 14.3. The smallest absolute Gasteiger partial charge is 0.166 e. The van der Waals surface area contributed by atoms with Crippen molar-refractivity contribution in [2.45, 2.75) is 0 Å². The number of aromatic nitrogens is 5. The van der Waals surface area contributed by atoms with E-state index >= 15 is 0 Å². The third-order valence-corrected chi connectivity index (χ3v) is 12.2. The molecule has 0 unspecified atom stereocenters. The molecule has 0 radical (unpaired) electrons. The highest BCUT2D eigenvalue weighted by molar-refractivity contribution is 6.12. The summed E-state index contributed by atoms with van der Waals surface area (Å²) in [6.45, 7) is 0. The standard InChI is InChI=1S/C58H36N6/c59-37-49-52(63-50-27-15-13-25-44(50)46-31-29-42(35-53(46)63)38-17-5-1-6-18-38)34-33-48(58-61-56(40-21-9-3-10-22-40)60-57(62-58)41-23-11-4-12-24-41)55(49)64-51-28-16-14-26-45(51)47-32-30-43(36-54(47)64)39-19-7-2-8-20-39/h1-36H. The first-order chi connectivity index (χ1) is 31.7. The molecule has 12 aromatic rings. The molecule has 0 saturated carbocycles. The summed E-state index contributed by atoms with van der Waals surface area (Å²) in [7, 11) is 0. The van der Waals surface area contributed by atoms with Gasteiger partial charge in [-0.2, -0.15) is 5.26 Å². The molecule has 298 valence electrons. The van der Waals surface area contributed by atoms with E-state index in [1.165, 1.54) is 0 Å². The van der Waals surface area contributed by atoms with Gasteiger partial charge < -0.3 is 9.13 Å². The first-order valence-electron chi connectivity index (χ1n) is 21.3. The molecule has 0 spiro atoms. The van der Waals surface area contributed by atoms with Gasteiger partial charge in [0.1, 0.15) is 11.6 Å². The molecule has 0 atom stereocenters. The topological polar surface area (TPSA) is 72.3 Å². The van der Waals surface area contributed by atoms with E-state index < -0.39 is 0 Å². The van der Waals surface area contributed by atoms with Gasteiger partial charge in [0.2, 0.25) is 0 Å². The molecule has 3 heterocycles. The van der Waals surface area contributed by atoms with Crippen LogP contribution in [-0.4, -0.2) is 24.1 Å². The lowest BCUT2D eigenvalue weighted by molar-refractivity contribution is 1.06.